The van der Waals surface area contributed by atoms with Gasteiger partial charge in [-0.3, -0.25) is 4.79 Å². The van der Waals surface area contributed by atoms with E-state index in [1.54, 1.807) is 18.4 Å². The van der Waals surface area contributed by atoms with E-state index in [4.69, 9.17) is 4.74 Å². The maximum absolute atomic E-state index is 12.7. The first-order valence-corrected chi connectivity index (χ1v) is 9.63. The van der Waals surface area contributed by atoms with E-state index in [-0.39, 0.29) is 18.3 Å². The lowest BCUT2D eigenvalue weighted by Gasteiger charge is -2.14. The summed E-state index contributed by atoms with van der Waals surface area (Å²) in [6, 6.07) is 11.4. The van der Waals surface area contributed by atoms with Crippen LogP contribution in [-0.4, -0.2) is 31.1 Å². The molecule has 2 N–H and O–H groups in total. The fourth-order valence-electron chi connectivity index (χ4n) is 3.42. The van der Waals surface area contributed by atoms with Crippen molar-refractivity contribution < 1.29 is 9.53 Å². The van der Waals surface area contributed by atoms with Gasteiger partial charge in [0.05, 0.1) is 22.8 Å². The number of aromatic nitrogens is 1. The number of halogens is 1. The van der Waals surface area contributed by atoms with E-state index in [0.29, 0.717) is 11.5 Å². The molecule has 1 fully saturated rings. The minimum Gasteiger partial charge on any atom is -0.496 e. The Morgan fingerprint density at radius 2 is 2.22 bits per heavy atom. The molecule has 0 saturated carbocycles. The summed E-state index contributed by atoms with van der Waals surface area (Å²) in [6.07, 6.45) is 2.08. The molecule has 1 aliphatic heterocycles. The molecule has 2 heterocycles. The first-order chi connectivity index (χ1) is 12.7. The SMILES string of the molecule is COc1ccc(C(=O)Nc2ccc3scnc3c2)cc1CC1CCNC1.Cl. The number of thiazole rings is 1. The monoisotopic (exact) mass is 403 g/mol. The average molecular weight is 404 g/mol. The Morgan fingerprint density at radius 3 is 3.00 bits per heavy atom. The summed E-state index contributed by atoms with van der Waals surface area (Å²) in [6.45, 7) is 2.08. The van der Waals surface area contributed by atoms with Gasteiger partial charge < -0.3 is 15.4 Å². The lowest BCUT2D eigenvalue weighted by Crippen LogP contribution is -2.14. The van der Waals surface area contributed by atoms with Crippen molar-refractivity contribution in [2.75, 3.05) is 25.5 Å². The van der Waals surface area contributed by atoms with Crippen LogP contribution in [0.25, 0.3) is 10.2 Å². The number of hydrogen-bond donors (Lipinski definition) is 2. The molecule has 1 aromatic heterocycles. The Balaban J connectivity index is 0.00000210. The molecular formula is C20H22ClN3O2S. The molecule has 5 nitrogen and oxygen atoms in total. The van der Waals surface area contributed by atoms with Crippen LogP contribution in [0.5, 0.6) is 5.75 Å². The second-order valence-corrected chi connectivity index (χ2v) is 7.46. The topological polar surface area (TPSA) is 63.2 Å². The highest BCUT2D eigenvalue weighted by atomic mass is 35.5. The Kier molecular flexibility index (Phi) is 6.31. The summed E-state index contributed by atoms with van der Waals surface area (Å²) in [5.41, 5.74) is 5.20. The van der Waals surface area contributed by atoms with Gasteiger partial charge in [-0.2, -0.15) is 0 Å². The fourth-order valence-corrected chi connectivity index (χ4v) is 4.08. The van der Waals surface area contributed by atoms with E-state index in [1.807, 2.05) is 41.9 Å². The van der Waals surface area contributed by atoms with Crippen molar-refractivity contribution in [2.24, 2.45) is 5.92 Å². The molecule has 27 heavy (non-hydrogen) atoms. The standard InChI is InChI=1S/C20H21N3O2S.ClH/c1-25-18-4-2-14(9-15(18)8-13-6-7-21-11-13)20(24)23-16-3-5-19-17(10-16)22-12-26-19;/h2-5,9-10,12-13,21H,6-8,11H2,1H3,(H,23,24);1H. The number of hydrogen-bond acceptors (Lipinski definition) is 5. The summed E-state index contributed by atoms with van der Waals surface area (Å²) in [5.74, 6) is 1.32. The number of nitrogens with one attached hydrogen (secondary N) is 2. The van der Waals surface area contributed by atoms with Crippen LogP contribution in [0.15, 0.2) is 41.9 Å². The maximum Gasteiger partial charge on any atom is 0.255 e. The number of carbonyl (C=O) groups is 1. The largest absolute Gasteiger partial charge is 0.496 e. The van der Waals surface area contributed by atoms with E-state index in [2.05, 4.69) is 15.6 Å². The molecule has 3 aromatic rings. The quantitative estimate of drug-likeness (QED) is 0.672. The molecule has 2 aromatic carbocycles. The molecule has 0 radical (unpaired) electrons. The summed E-state index contributed by atoms with van der Waals surface area (Å²) >= 11 is 1.59. The first-order valence-electron chi connectivity index (χ1n) is 8.75. The number of nitrogens with zero attached hydrogens (tertiary/aromatic N) is 1. The van der Waals surface area contributed by atoms with E-state index in [1.165, 1.54) is 0 Å². The van der Waals surface area contributed by atoms with E-state index in [9.17, 15) is 4.79 Å². The van der Waals surface area contributed by atoms with Crippen molar-refractivity contribution in [1.29, 1.82) is 0 Å². The minimum absolute atomic E-state index is 0. The van der Waals surface area contributed by atoms with Crippen molar-refractivity contribution in [3.05, 3.63) is 53.0 Å². The van der Waals surface area contributed by atoms with Gasteiger partial charge in [-0.1, -0.05) is 0 Å². The van der Waals surface area contributed by atoms with Gasteiger partial charge in [0.1, 0.15) is 5.75 Å². The highest BCUT2D eigenvalue weighted by molar-refractivity contribution is 7.16. The number of amides is 1. The van der Waals surface area contributed by atoms with Gasteiger partial charge >= 0.3 is 0 Å². The molecule has 1 atom stereocenters. The zero-order chi connectivity index (χ0) is 17.9. The maximum atomic E-state index is 12.7. The number of benzene rings is 2. The molecule has 142 valence electrons. The van der Waals surface area contributed by atoms with Gasteiger partial charge in [-0.25, -0.2) is 4.98 Å². The third kappa shape index (κ3) is 4.40. The number of rotatable bonds is 5. The zero-order valence-corrected chi connectivity index (χ0v) is 16.7. The van der Waals surface area contributed by atoms with Gasteiger partial charge in [-0.05, 0) is 73.8 Å². The Labute approximate surface area is 168 Å². The predicted octanol–water partition coefficient (Wildman–Crippen LogP) is 4.13. The van der Waals surface area contributed by atoms with Crippen LogP contribution in [0.3, 0.4) is 0 Å². The highest BCUT2D eigenvalue weighted by Crippen LogP contribution is 2.26. The van der Waals surface area contributed by atoms with E-state index >= 15 is 0 Å². The fraction of sp³-hybridized carbons (Fsp3) is 0.300. The van der Waals surface area contributed by atoms with Crippen LogP contribution in [0.2, 0.25) is 0 Å². The lowest BCUT2D eigenvalue weighted by molar-refractivity contribution is 0.102. The van der Waals surface area contributed by atoms with Crippen LogP contribution in [0.1, 0.15) is 22.3 Å². The molecule has 1 saturated heterocycles. The molecule has 1 aliphatic rings. The van der Waals surface area contributed by atoms with Crippen molar-refractivity contribution in [2.45, 2.75) is 12.8 Å². The molecular weight excluding hydrogens is 382 g/mol. The lowest BCUT2D eigenvalue weighted by atomic mass is 9.96. The number of ether oxygens (including phenoxy) is 1. The van der Waals surface area contributed by atoms with Crippen molar-refractivity contribution >= 4 is 45.6 Å². The van der Waals surface area contributed by atoms with Crippen molar-refractivity contribution in [3.8, 4) is 5.75 Å². The molecule has 0 bridgehead atoms. The third-order valence-corrected chi connectivity index (χ3v) is 5.61. The van der Waals surface area contributed by atoms with E-state index in [0.717, 1.165) is 53.1 Å². The third-order valence-electron chi connectivity index (χ3n) is 4.80. The summed E-state index contributed by atoms with van der Waals surface area (Å²) in [7, 11) is 1.68. The Hall–Kier alpha value is -2.15. The second kappa shape index (κ2) is 8.69. The summed E-state index contributed by atoms with van der Waals surface area (Å²) < 4.78 is 6.60. The van der Waals surface area contributed by atoms with Gasteiger partial charge in [-0.15, -0.1) is 23.7 Å². The molecule has 4 rings (SSSR count). The van der Waals surface area contributed by atoms with Gasteiger partial charge in [0, 0.05) is 11.3 Å². The molecule has 7 heteroatoms. The first kappa shape index (κ1) is 19.6. The van der Waals surface area contributed by atoms with Crippen LogP contribution in [0.4, 0.5) is 5.69 Å². The molecule has 1 unspecified atom stereocenters. The smallest absolute Gasteiger partial charge is 0.255 e. The molecule has 0 spiro atoms. The van der Waals surface area contributed by atoms with E-state index < -0.39 is 0 Å². The van der Waals surface area contributed by atoms with Gasteiger partial charge in [0.15, 0.2) is 0 Å². The van der Waals surface area contributed by atoms with Crippen molar-refractivity contribution in [3.63, 3.8) is 0 Å². The van der Waals surface area contributed by atoms with Crippen molar-refractivity contribution in [1.82, 2.24) is 10.3 Å². The zero-order valence-electron chi connectivity index (χ0n) is 15.0. The van der Waals surface area contributed by atoms with Gasteiger partial charge in [0.2, 0.25) is 0 Å². The Morgan fingerprint density at radius 1 is 1.33 bits per heavy atom. The second-order valence-electron chi connectivity index (χ2n) is 6.58. The van der Waals surface area contributed by atoms with Crippen LogP contribution < -0.4 is 15.4 Å². The average Bonchev–Trinajstić information content (AvgIpc) is 3.32. The number of methoxy groups -OCH3 is 1. The van der Waals surface area contributed by atoms with Gasteiger partial charge in [0.25, 0.3) is 5.91 Å². The minimum atomic E-state index is -0.118. The summed E-state index contributed by atoms with van der Waals surface area (Å²) in [5, 5.41) is 6.36. The summed E-state index contributed by atoms with van der Waals surface area (Å²) in [4.78, 5) is 17.0. The molecule has 1 amide bonds. The number of fused-ring (bicyclic) bond motifs is 1. The highest BCUT2D eigenvalue weighted by Gasteiger charge is 2.18. The number of carbonyl (C=O) groups excluding carboxylic acids is 1. The number of anilines is 1. The normalized spacial score (nSPS) is 16.1. The van der Waals surface area contributed by atoms with Crippen LogP contribution >= 0.6 is 23.7 Å². The van der Waals surface area contributed by atoms with Crippen LogP contribution in [-0.2, 0) is 6.42 Å². The predicted molar refractivity (Wildman–Crippen MR) is 112 cm³/mol. The Bertz CT molecular complexity index is 938. The molecule has 0 aliphatic carbocycles. The van der Waals surface area contributed by atoms with Crippen LogP contribution in [0, 0.1) is 5.92 Å².